The number of nitrogens with one attached hydrogen (secondary N) is 1. The third kappa shape index (κ3) is 4.00. The molecule has 3 heterocycles. The lowest BCUT2D eigenvalue weighted by Crippen LogP contribution is -2.39. The summed E-state index contributed by atoms with van der Waals surface area (Å²) in [5.41, 5.74) is 0.263. The van der Waals surface area contributed by atoms with Crippen molar-refractivity contribution >= 4 is 10.8 Å². The first kappa shape index (κ1) is 21.3. The zero-order chi connectivity index (χ0) is 22.9. The molecule has 1 saturated heterocycles. The number of hydrogen-bond acceptors (Lipinski definition) is 8. The molecule has 0 saturated carbocycles. The fourth-order valence-corrected chi connectivity index (χ4v) is 4.04. The summed E-state index contributed by atoms with van der Waals surface area (Å²) in [5, 5.41) is 26.3. The Hall–Kier alpha value is -3.57. The zero-order valence-corrected chi connectivity index (χ0v) is 17.3. The molecule has 10 nitrogen and oxygen atoms in total. The molecule has 33 heavy (non-hydrogen) atoms. The molecular weight excluding hydrogens is 430 g/mol. The van der Waals surface area contributed by atoms with E-state index in [4.69, 9.17) is 14.0 Å². The number of ether oxygens (including phenoxy) is 2. The van der Waals surface area contributed by atoms with Crippen LogP contribution < -0.4 is 11.2 Å². The molecule has 1 aliphatic heterocycles. The van der Waals surface area contributed by atoms with Crippen molar-refractivity contribution in [2.75, 3.05) is 6.61 Å². The molecule has 0 bridgehead atoms. The molecule has 0 unspecified atom stereocenters. The molecule has 0 amide bonds. The fourth-order valence-electron chi connectivity index (χ4n) is 4.04. The van der Waals surface area contributed by atoms with Crippen LogP contribution in [0.15, 0.2) is 74.9 Å². The molecule has 5 rings (SSSR count). The van der Waals surface area contributed by atoms with E-state index in [0.717, 1.165) is 27.0 Å². The van der Waals surface area contributed by atoms with Crippen LogP contribution in [0.2, 0.25) is 0 Å². The fraction of sp³-hybridized carbons (Fsp3) is 0.261. The quantitative estimate of drug-likeness (QED) is 0.397. The van der Waals surface area contributed by atoms with Crippen molar-refractivity contribution in [3.8, 4) is 11.3 Å². The molecule has 3 N–H and O–H groups in total. The molecule has 0 aliphatic carbocycles. The number of aromatic amines is 1. The molecule has 1 aliphatic rings. The van der Waals surface area contributed by atoms with E-state index in [1.54, 1.807) is 6.07 Å². The Morgan fingerprint density at radius 2 is 1.94 bits per heavy atom. The molecule has 170 valence electrons. The van der Waals surface area contributed by atoms with Crippen LogP contribution in [0.1, 0.15) is 12.0 Å². The normalized spacial score (nSPS) is 22.7. The van der Waals surface area contributed by atoms with Crippen LogP contribution in [0.25, 0.3) is 22.0 Å². The highest BCUT2D eigenvalue weighted by atomic mass is 16.6. The highest BCUT2D eigenvalue weighted by molar-refractivity contribution is 5.95. The first-order valence-electron chi connectivity index (χ1n) is 10.4. The summed E-state index contributed by atoms with van der Waals surface area (Å²) >= 11 is 0. The van der Waals surface area contributed by atoms with Crippen molar-refractivity contribution in [1.82, 2.24) is 14.7 Å². The van der Waals surface area contributed by atoms with E-state index in [1.165, 1.54) is 6.20 Å². The van der Waals surface area contributed by atoms with Gasteiger partial charge in [0.25, 0.3) is 5.56 Å². The zero-order valence-electron chi connectivity index (χ0n) is 17.3. The van der Waals surface area contributed by atoms with Gasteiger partial charge in [-0.15, -0.1) is 0 Å². The highest BCUT2D eigenvalue weighted by Crippen LogP contribution is 2.32. The molecule has 2 aromatic heterocycles. The number of hydrogen-bond donors (Lipinski definition) is 3. The smallest absolute Gasteiger partial charge is 0.330 e. The molecule has 4 atom stereocenters. The molecule has 0 spiro atoms. The summed E-state index contributed by atoms with van der Waals surface area (Å²) in [6.07, 6.45) is -2.97. The van der Waals surface area contributed by atoms with Crippen molar-refractivity contribution in [2.45, 2.75) is 31.1 Å². The predicted molar refractivity (Wildman–Crippen MR) is 116 cm³/mol. The topological polar surface area (TPSA) is 140 Å². The van der Waals surface area contributed by atoms with Crippen LogP contribution in [-0.2, 0) is 16.1 Å². The van der Waals surface area contributed by atoms with Crippen molar-refractivity contribution in [3.05, 3.63) is 87.4 Å². The van der Waals surface area contributed by atoms with E-state index < -0.39 is 42.4 Å². The van der Waals surface area contributed by atoms with E-state index in [0.29, 0.717) is 11.5 Å². The van der Waals surface area contributed by atoms with Crippen molar-refractivity contribution in [3.63, 3.8) is 0 Å². The summed E-state index contributed by atoms with van der Waals surface area (Å²) in [6.45, 7) is -0.529. The minimum absolute atomic E-state index is 0.0599. The molecule has 0 radical (unpaired) electrons. The standard InChI is InChI=1S/C23H21N3O7/c27-11-18-20(29)21(22(32-18)26-9-8-19(28)24-23(26)30)31-12-14-10-17(25-33-14)16-7-3-5-13-4-1-2-6-15(13)16/h1-10,18,20-22,27,29H,11-12H2,(H,24,28,30)/t18-,20-,21-,22-/m1/s1. The maximum atomic E-state index is 12.2. The largest absolute Gasteiger partial charge is 0.394 e. The van der Waals surface area contributed by atoms with Crippen LogP contribution in [0, 0.1) is 0 Å². The van der Waals surface area contributed by atoms with Gasteiger partial charge < -0.3 is 24.2 Å². The Kier molecular flexibility index (Phi) is 5.65. The SMILES string of the molecule is O=c1ccn([C@@H]2O[C@H](CO)[C@@H](O)[C@H]2OCc2cc(-c3cccc4ccccc34)no2)c(=O)[nH]1. The van der Waals surface area contributed by atoms with Crippen molar-refractivity contribution in [1.29, 1.82) is 0 Å². The lowest BCUT2D eigenvalue weighted by molar-refractivity contribution is -0.0832. The number of rotatable bonds is 6. The maximum absolute atomic E-state index is 12.2. The van der Waals surface area contributed by atoms with Gasteiger partial charge in [0.15, 0.2) is 12.0 Å². The van der Waals surface area contributed by atoms with Gasteiger partial charge in [0.2, 0.25) is 0 Å². The van der Waals surface area contributed by atoms with Crippen LogP contribution >= 0.6 is 0 Å². The van der Waals surface area contributed by atoms with Crippen molar-refractivity contribution < 1.29 is 24.2 Å². The second kappa shape index (κ2) is 8.75. The number of fused-ring (bicyclic) bond motifs is 1. The van der Waals surface area contributed by atoms with Crippen LogP contribution in [0.3, 0.4) is 0 Å². The number of aliphatic hydroxyl groups is 2. The molecule has 2 aromatic carbocycles. The Bertz CT molecular complexity index is 1390. The van der Waals surface area contributed by atoms with Gasteiger partial charge in [-0.2, -0.15) is 0 Å². The third-order valence-electron chi connectivity index (χ3n) is 5.66. The molecule has 1 fully saturated rings. The minimum atomic E-state index is -1.21. The molecular formula is C23H21N3O7. The Labute approximate surface area is 186 Å². The van der Waals surface area contributed by atoms with Gasteiger partial charge >= 0.3 is 5.69 Å². The number of H-pyrrole nitrogens is 1. The first-order chi connectivity index (χ1) is 16.0. The van der Waals surface area contributed by atoms with Gasteiger partial charge in [0.05, 0.1) is 6.61 Å². The Balaban J connectivity index is 1.38. The number of aliphatic hydroxyl groups excluding tert-OH is 2. The van der Waals surface area contributed by atoms with Crippen LogP contribution in [0.4, 0.5) is 0 Å². The van der Waals surface area contributed by atoms with E-state index in [1.807, 2.05) is 42.5 Å². The van der Waals surface area contributed by atoms with Gasteiger partial charge in [-0.1, -0.05) is 47.6 Å². The highest BCUT2D eigenvalue weighted by Gasteiger charge is 2.45. The van der Waals surface area contributed by atoms with Gasteiger partial charge in [0.1, 0.15) is 30.6 Å². The second-order valence-electron chi connectivity index (χ2n) is 7.74. The lowest BCUT2D eigenvalue weighted by Gasteiger charge is -2.21. The third-order valence-corrected chi connectivity index (χ3v) is 5.66. The first-order valence-corrected chi connectivity index (χ1v) is 10.4. The summed E-state index contributed by atoms with van der Waals surface area (Å²) < 4.78 is 18.0. The van der Waals surface area contributed by atoms with E-state index >= 15 is 0 Å². The van der Waals surface area contributed by atoms with Gasteiger partial charge in [-0.25, -0.2) is 4.79 Å². The minimum Gasteiger partial charge on any atom is -0.394 e. The number of aromatic nitrogens is 3. The summed E-state index contributed by atoms with van der Waals surface area (Å²) in [4.78, 5) is 25.7. The predicted octanol–water partition coefficient (Wildman–Crippen LogP) is 1.18. The van der Waals surface area contributed by atoms with Gasteiger partial charge in [-0.3, -0.25) is 14.3 Å². The number of benzene rings is 2. The summed E-state index contributed by atoms with van der Waals surface area (Å²) in [6, 6.07) is 16.7. The van der Waals surface area contributed by atoms with Crippen LogP contribution in [0.5, 0.6) is 0 Å². The van der Waals surface area contributed by atoms with Gasteiger partial charge in [0, 0.05) is 23.9 Å². The molecule has 4 aromatic rings. The van der Waals surface area contributed by atoms with Gasteiger partial charge in [-0.05, 0) is 10.8 Å². The van der Waals surface area contributed by atoms with E-state index in [9.17, 15) is 19.8 Å². The molecule has 10 heteroatoms. The Morgan fingerprint density at radius 1 is 1.12 bits per heavy atom. The summed E-state index contributed by atoms with van der Waals surface area (Å²) in [5.74, 6) is 0.408. The van der Waals surface area contributed by atoms with Crippen LogP contribution in [-0.4, -0.2) is 49.8 Å². The van der Waals surface area contributed by atoms with E-state index in [-0.39, 0.29) is 6.61 Å². The monoisotopic (exact) mass is 451 g/mol. The number of nitrogens with zero attached hydrogens (tertiary/aromatic N) is 2. The summed E-state index contributed by atoms with van der Waals surface area (Å²) in [7, 11) is 0. The lowest BCUT2D eigenvalue weighted by atomic mass is 10.0. The van der Waals surface area contributed by atoms with E-state index in [2.05, 4.69) is 10.1 Å². The average molecular weight is 451 g/mol. The van der Waals surface area contributed by atoms with Crippen molar-refractivity contribution in [2.24, 2.45) is 0 Å². The average Bonchev–Trinajstić information content (AvgIpc) is 3.41. The maximum Gasteiger partial charge on any atom is 0.330 e. The Morgan fingerprint density at radius 3 is 2.76 bits per heavy atom. The second-order valence-corrected chi connectivity index (χ2v) is 7.74.